The second kappa shape index (κ2) is 4.93. The minimum absolute atomic E-state index is 0.157. The third-order valence-corrected chi connectivity index (χ3v) is 2.13. The van der Waals surface area contributed by atoms with Gasteiger partial charge in [0, 0.05) is 0 Å². The quantitative estimate of drug-likeness (QED) is 0.565. The summed E-state index contributed by atoms with van der Waals surface area (Å²) in [5, 5.41) is 0. The van der Waals surface area contributed by atoms with E-state index in [-0.39, 0.29) is 23.6 Å². The van der Waals surface area contributed by atoms with E-state index in [9.17, 15) is 0 Å². The fraction of sp³-hybridized carbons (Fsp3) is 0.667. The molecule has 1 rings (SSSR count). The molecule has 7 heteroatoms. The molecule has 0 saturated carbocycles. The Bertz CT molecular complexity index is 334. The summed E-state index contributed by atoms with van der Waals surface area (Å²) in [7, 11) is 1.46. The van der Waals surface area contributed by atoms with E-state index in [0.717, 1.165) is 6.42 Å². The van der Waals surface area contributed by atoms with Gasteiger partial charge in [0.2, 0.25) is 5.95 Å². The number of nitrogens with one attached hydrogen (secondary N) is 1. The molecule has 1 aromatic rings. The fourth-order valence-corrected chi connectivity index (χ4v) is 0.859. The SMILES string of the molecule is CCC(C)(C)Oc1nc(NN)nc(OC)n1. The lowest BCUT2D eigenvalue weighted by Crippen LogP contribution is -2.28. The maximum Gasteiger partial charge on any atom is 0.325 e. The molecule has 7 nitrogen and oxygen atoms in total. The van der Waals surface area contributed by atoms with Gasteiger partial charge in [0.1, 0.15) is 5.60 Å². The minimum Gasteiger partial charge on any atom is -0.467 e. The van der Waals surface area contributed by atoms with Gasteiger partial charge in [0.25, 0.3) is 0 Å². The van der Waals surface area contributed by atoms with Crippen LogP contribution in [-0.4, -0.2) is 27.7 Å². The van der Waals surface area contributed by atoms with E-state index in [4.69, 9.17) is 15.3 Å². The van der Waals surface area contributed by atoms with Crippen LogP contribution in [0.1, 0.15) is 27.2 Å². The molecule has 0 unspecified atom stereocenters. The smallest absolute Gasteiger partial charge is 0.325 e. The van der Waals surface area contributed by atoms with E-state index >= 15 is 0 Å². The molecular formula is C9H17N5O2. The number of hydrazine groups is 1. The molecule has 1 aromatic heterocycles. The van der Waals surface area contributed by atoms with Crippen LogP contribution in [0.15, 0.2) is 0 Å². The molecular weight excluding hydrogens is 210 g/mol. The number of hydrogen-bond donors (Lipinski definition) is 2. The Hall–Kier alpha value is -1.63. The number of hydrogen-bond acceptors (Lipinski definition) is 7. The Morgan fingerprint density at radius 1 is 1.25 bits per heavy atom. The van der Waals surface area contributed by atoms with Gasteiger partial charge in [-0.1, -0.05) is 6.92 Å². The van der Waals surface area contributed by atoms with Crippen LogP contribution in [-0.2, 0) is 0 Å². The third kappa shape index (κ3) is 3.20. The number of aromatic nitrogens is 3. The van der Waals surface area contributed by atoms with Gasteiger partial charge in [-0.2, -0.15) is 9.97 Å². The van der Waals surface area contributed by atoms with Gasteiger partial charge in [-0.3, -0.25) is 5.43 Å². The molecule has 0 radical (unpaired) electrons. The lowest BCUT2D eigenvalue weighted by molar-refractivity contribution is 0.0911. The summed E-state index contributed by atoms with van der Waals surface area (Å²) < 4.78 is 10.5. The summed E-state index contributed by atoms with van der Waals surface area (Å²) in [6.07, 6.45) is 0.826. The summed E-state index contributed by atoms with van der Waals surface area (Å²) in [5.41, 5.74) is 1.97. The molecule has 0 saturated heterocycles. The lowest BCUT2D eigenvalue weighted by atomic mass is 10.1. The van der Waals surface area contributed by atoms with Crippen LogP contribution in [0.25, 0.3) is 0 Å². The van der Waals surface area contributed by atoms with Crippen LogP contribution in [0.4, 0.5) is 5.95 Å². The molecule has 0 spiro atoms. The number of nitrogen functional groups attached to an aromatic ring is 1. The van der Waals surface area contributed by atoms with Gasteiger partial charge in [0.15, 0.2) is 0 Å². The number of anilines is 1. The van der Waals surface area contributed by atoms with Gasteiger partial charge in [-0.15, -0.1) is 4.98 Å². The Morgan fingerprint density at radius 2 is 1.88 bits per heavy atom. The summed E-state index contributed by atoms with van der Waals surface area (Å²) in [5.74, 6) is 5.43. The zero-order valence-electron chi connectivity index (χ0n) is 9.94. The second-order valence-corrected chi connectivity index (χ2v) is 3.79. The average Bonchev–Trinajstić information content (AvgIpc) is 2.28. The van der Waals surface area contributed by atoms with Crippen molar-refractivity contribution in [2.24, 2.45) is 5.84 Å². The summed E-state index contributed by atoms with van der Waals surface area (Å²) in [6, 6.07) is 0.344. The minimum atomic E-state index is -0.349. The van der Waals surface area contributed by atoms with Crippen molar-refractivity contribution in [2.75, 3.05) is 12.5 Å². The first-order chi connectivity index (χ1) is 7.50. The van der Waals surface area contributed by atoms with Gasteiger partial charge in [-0.05, 0) is 20.3 Å². The molecule has 0 aliphatic rings. The first kappa shape index (κ1) is 12.4. The van der Waals surface area contributed by atoms with Gasteiger partial charge in [-0.25, -0.2) is 5.84 Å². The number of ether oxygens (including phenoxy) is 2. The highest BCUT2D eigenvalue weighted by Gasteiger charge is 2.19. The first-order valence-electron chi connectivity index (χ1n) is 4.96. The molecule has 1 heterocycles. The Morgan fingerprint density at radius 3 is 2.38 bits per heavy atom. The molecule has 0 aromatic carbocycles. The van der Waals surface area contributed by atoms with Crippen LogP contribution in [0.2, 0.25) is 0 Å². The van der Waals surface area contributed by atoms with Crippen molar-refractivity contribution in [2.45, 2.75) is 32.8 Å². The third-order valence-electron chi connectivity index (χ3n) is 2.13. The summed E-state index contributed by atoms with van der Waals surface area (Å²) >= 11 is 0. The number of rotatable bonds is 5. The van der Waals surface area contributed by atoms with Crippen molar-refractivity contribution in [3.05, 3.63) is 0 Å². The van der Waals surface area contributed by atoms with Crippen LogP contribution in [0, 0.1) is 0 Å². The zero-order valence-corrected chi connectivity index (χ0v) is 9.94. The zero-order chi connectivity index (χ0) is 12.2. The van der Waals surface area contributed by atoms with E-state index in [2.05, 4.69) is 20.4 Å². The van der Waals surface area contributed by atoms with Gasteiger partial charge in [0.05, 0.1) is 7.11 Å². The van der Waals surface area contributed by atoms with Crippen LogP contribution in [0.5, 0.6) is 12.0 Å². The van der Waals surface area contributed by atoms with Crippen LogP contribution >= 0.6 is 0 Å². The van der Waals surface area contributed by atoms with Crippen molar-refractivity contribution >= 4 is 5.95 Å². The largest absolute Gasteiger partial charge is 0.467 e. The lowest BCUT2D eigenvalue weighted by Gasteiger charge is -2.23. The summed E-state index contributed by atoms with van der Waals surface area (Å²) in [4.78, 5) is 11.8. The summed E-state index contributed by atoms with van der Waals surface area (Å²) in [6.45, 7) is 5.90. The maximum absolute atomic E-state index is 5.60. The Labute approximate surface area is 94.4 Å². The van der Waals surface area contributed by atoms with E-state index in [1.165, 1.54) is 7.11 Å². The maximum atomic E-state index is 5.60. The highest BCUT2D eigenvalue weighted by atomic mass is 16.5. The molecule has 0 aliphatic carbocycles. The molecule has 3 N–H and O–H groups in total. The Balaban J connectivity index is 2.95. The molecule has 90 valence electrons. The molecule has 0 atom stereocenters. The molecule has 0 amide bonds. The molecule has 0 fully saturated rings. The van der Waals surface area contributed by atoms with Crippen molar-refractivity contribution in [3.8, 4) is 12.0 Å². The fourth-order valence-electron chi connectivity index (χ4n) is 0.859. The number of methoxy groups -OCH3 is 1. The van der Waals surface area contributed by atoms with Crippen LogP contribution < -0.4 is 20.7 Å². The van der Waals surface area contributed by atoms with Gasteiger partial charge < -0.3 is 9.47 Å². The van der Waals surface area contributed by atoms with E-state index in [1.807, 2.05) is 20.8 Å². The number of nitrogens with zero attached hydrogens (tertiary/aromatic N) is 3. The normalized spacial score (nSPS) is 11.1. The molecule has 16 heavy (non-hydrogen) atoms. The highest BCUT2D eigenvalue weighted by molar-refractivity contribution is 5.25. The average molecular weight is 227 g/mol. The van der Waals surface area contributed by atoms with Crippen molar-refractivity contribution in [3.63, 3.8) is 0 Å². The van der Waals surface area contributed by atoms with E-state index < -0.39 is 0 Å². The van der Waals surface area contributed by atoms with Gasteiger partial charge >= 0.3 is 12.0 Å². The van der Waals surface area contributed by atoms with E-state index in [0.29, 0.717) is 0 Å². The van der Waals surface area contributed by atoms with Crippen molar-refractivity contribution in [1.29, 1.82) is 0 Å². The molecule has 0 aliphatic heterocycles. The first-order valence-corrected chi connectivity index (χ1v) is 4.96. The second-order valence-electron chi connectivity index (χ2n) is 3.79. The molecule has 0 bridgehead atoms. The topological polar surface area (TPSA) is 95.2 Å². The van der Waals surface area contributed by atoms with E-state index in [1.54, 1.807) is 0 Å². The van der Waals surface area contributed by atoms with Crippen molar-refractivity contribution in [1.82, 2.24) is 15.0 Å². The monoisotopic (exact) mass is 227 g/mol. The highest BCUT2D eigenvalue weighted by Crippen LogP contribution is 2.19. The predicted molar refractivity (Wildman–Crippen MR) is 59.2 cm³/mol. The number of nitrogens with two attached hydrogens (primary N) is 1. The predicted octanol–water partition coefficient (Wildman–Crippen LogP) is 0.733. The van der Waals surface area contributed by atoms with Crippen LogP contribution in [0.3, 0.4) is 0 Å². The van der Waals surface area contributed by atoms with Crippen molar-refractivity contribution < 1.29 is 9.47 Å². The Kier molecular flexibility index (Phi) is 3.83. The standard InChI is InChI=1S/C9H17N5O2/c1-5-9(2,3)16-8-12-6(14-10)11-7(13-8)15-4/h5,10H2,1-4H3,(H,11,12,13,14).